The summed E-state index contributed by atoms with van der Waals surface area (Å²) in [6.45, 7) is 21.6. The molecule has 670 valence electrons. The summed E-state index contributed by atoms with van der Waals surface area (Å²) in [5.41, 5.74) is 28.3. The highest BCUT2D eigenvalue weighted by molar-refractivity contribution is 6.01. The van der Waals surface area contributed by atoms with Crippen LogP contribution in [0.1, 0.15) is 213 Å². The van der Waals surface area contributed by atoms with Crippen LogP contribution in [0.25, 0.3) is 0 Å². The van der Waals surface area contributed by atoms with Crippen LogP contribution in [0, 0.1) is 35.5 Å². The SMILES string of the molecule is CC[C@H](C)[C@H](NC(=O)[C@H](CC(C)C)NC(=O)[C@H](C)NC(=O)[C@H](CCCCN)NC(=O)[C@H](CCC(=O)O)NC(=O)[C@@H](N)CCCCN)C(=O)N[C@H](C(=O)N[C@H](C(=O)N[C@@H](CCCCN)C(=O)N[C@@H](CO)C(=O)N[C@@H](CC(C)C)C(=O)N[C@@H](CC(C)C)C(=O)N[C@@H](CO)C(=O)N[C@H](C(=O)N[C@@H](CC(N)=O)C(=O)O)[C@@H](C)O)[C@@H](C)CC)[C@@H](C)CC. The van der Waals surface area contributed by atoms with Crippen LogP contribution in [-0.2, 0) is 81.5 Å². The van der Waals surface area contributed by atoms with E-state index in [1.807, 2.05) is 5.32 Å². The molecule has 0 heterocycles. The molecule has 0 aromatic carbocycles. The zero-order chi connectivity index (χ0) is 89.7. The van der Waals surface area contributed by atoms with Gasteiger partial charge in [-0.2, -0.15) is 0 Å². The molecule has 0 rings (SSSR count). The van der Waals surface area contributed by atoms with E-state index in [9.17, 15) is 107 Å². The van der Waals surface area contributed by atoms with Crippen LogP contribution in [0.3, 0.4) is 0 Å². The van der Waals surface area contributed by atoms with Crippen molar-refractivity contribution in [1.82, 2.24) is 74.4 Å². The third-order valence-electron chi connectivity index (χ3n) is 19.6. The van der Waals surface area contributed by atoms with Crippen molar-refractivity contribution in [2.75, 3.05) is 32.8 Å². The fourth-order valence-corrected chi connectivity index (χ4v) is 11.9. The second-order valence-corrected chi connectivity index (χ2v) is 31.3. The summed E-state index contributed by atoms with van der Waals surface area (Å²) in [6.07, 6.45) is -0.131. The Morgan fingerprint density at radius 3 is 0.940 bits per heavy atom. The number of hydrogen-bond donors (Lipinski definition) is 24. The maximum atomic E-state index is 14.8. The maximum Gasteiger partial charge on any atom is 0.326 e. The average molecular weight is 1670 g/mol. The Balaban J connectivity index is 6.96. The summed E-state index contributed by atoms with van der Waals surface area (Å²) < 4.78 is 0. The topological polar surface area (TPSA) is 690 Å². The summed E-state index contributed by atoms with van der Waals surface area (Å²) in [5.74, 6) is -20.0. The molecule has 0 bridgehead atoms. The van der Waals surface area contributed by atoms with Gasteiger partial charge in [-0.1, -0.05) is 109 Å². The normalized spacial score (nSPS) is 16.3. The second-order valence-electron chi connectivity index (χ2n) is 31.3. The van der Waals surface area contributed by atoms with Crippen molar-refractivity contribution in [3.63, 3.8) is 0 Å². The van der Waals surface area contributed by atoms with E-state index in [0.717, 1.165) is 6.92 Å². The minimum Gasteiger partial charge on any atom is -0.481 e. The van der Waals surface area contributed by atoms with Crippen LogP contribution in [0.15, 0.2) is 0 Å². The van der Waals surface area contributed by atoms with Crippen LogP contribution in [0.4, 0.5) is 0 Å². The van der Waals surface area contributed by atoms with Gasteiger partial charge in [-0.25, -0.2) is 4.79 Å². The lowest BCUT2D eigenvalue weighted by Gasteiger charge is -2.32. The number of amides is 15. The lowest BCUT2D eigenvalue weighted by atomic mass is 9.93. The lowest BCUT2D eigenvalue weighted by Crippen LogP contribution is -2.63. The average Bonchev–Trinajstić information content (AvgIpc) is 0.844. The van der Waals surface area contributed by atoms with E-state index in [-0.39, 0.29) is 88.6 Å². The zero-order valence-corrected chi connectivity index (χ0v) is 70.5. The number of carbonyl (C=O) groups is 17. The molecule has 0 fully saturated rings. The van der Waals surface area contributed by atoms with E-state index in [0.29, 0.717) is 51.5 Å². The van der Waals surface area contributed by atoms with Crippen molar-refractivity contribution in [2.24, 2.45) is 64.2 Å². The molecule has 41 nitrogen and oxygen atoms in total. The first kappa shape index (κ1) is 108. The van der Waals surface area contributed by atoms with Gasteiger partial charge in [0.2, 0.25) is 88.6 Å². The number of rotatable bonds is 61. The van der Waals surface area contributed by atoms with Crippen LogP contribution in [0.5, 0.6) is 0 Å². The predicted molar refractivity (Wildman–Crippen MR) is 430 cm³/mol. The van der Waals surface area contributed by atoms with Gasteiger partial charge in [-0.15, -0.1) is 0 Å². The fourth-order valence-electron chi connectivity index (χ4n) is 11.9. The third-order valence-corrected chi connectivity index (χ3v) is 19.6. The Kier molecular flexibility index (Phi) is 52.4. The van der Waals surface area contributed by atoms with E-state index in [1.54, 1.807) is 83.1 Å². The van der Waals surface area contributed by atoms with E-state index >= 15 is 0 Å². The van der Waals surface area contributed by atoms with E-state index < -0.39 is 241 Å². The smallest absolute Gasteiger partial charge is 0.326 e. The Hall–Kier alpha value is -9.29. The third kappa shape index (κ3) is 41.1. The molecular formula is C76H139N19O22. The lowest BCUT2D eigenvalue weighted by molar-refractivity contribution is -0.144. The molecule has 0 unspecified atom stereocenters. The molecular weight excluding hydrogens is 1530 g/mol. The van der Waals surface area contributed by atoms with E-state index in [2.05, 4.69) is 69.1 Å². The van der Waals surface area contributed by atoms with Crippen LogP contribution in [-0.4, -0.2) is 256 Å². The van der Waals surface area contributed by atoms with Gasteiger partial charge in [0, 0.05) is 6.42 Å². The number of carbonyl (C=O) groups excluding carboxylic acids is 15. The first-order chi connectivity index (χ1) is 54.8. The molecule has 0 aromatic rings. The van der Waals surface area contributed by atoms with Crippen LogP contribution in [0.2, 0.25) is 0 Å². The van der Waals surface area contributed by atoms with Crippen molar-refractivity contribution < 1.29 is 107 Å². The van der Waals surface area contributed by atoms with Gasteiger partial charge in [0.1, 0.15) is 84.6 Å². The number of aliphatic hydroxyl groups excluding tert-OH is 3. The first-order valence-corrected chi connectivity index (χ1v) is 40.6. The summed E-state index contributed by atoms with van der Waals surface area (Å²) in [7, 11) is 0. The van der Waals surface area contributed by atoms with Gasteiger partial charge >= 0.3 is 11.9 Å². The predicted octanol–water partition coefficient (Wildman–Crippen LogP) is -5.03. The van der Waals surface area contributed by atoms with Gasteiger partial charge in [0.15, 0.2) is 0 Å². The Labute approximate surface area is 685 Å². The minimum absolute atomic E-state index is 0.00872. The molecule has 0 aliphatic heterocycles. The molecule has 0 aliphatic rings. The van der Waals surface area contributed by atoms with Crippen LogP contribution >= 0.6 is 0 Å². The molecule has 0 radical (unpaired) electrons. The summed E-state index contributed by atoms with van der Waals surface area (Å²) in [5, 5.41) is 85.4. The minimum atomic E-state index is -1.89. The molecule has 29 N–H and O–H groups in total. The molecule has 19 atom stereocenters. The Morgan fingerprint density at radius 1 is 0.316 bits per heavy atom. The number of aliphatic hydroxyl groups is 3. The molecule has 0 aliphatic carbocycles. The molecule has 0 aromatic heterocycles. The van der Waals surface area contributed by atoms with Gasteiger partial charge in [0.05, 0.1) is 31.8 Å². The highest BCUT2D eigenvalue weighted by Crippen LogP contribution is 2.19. The van der Waals surface area contributed by atoms with E-state index in [1.165, 1.54) is 6.92 Å². The molecule has 0 saturated carbocycles. The summed E-state index contributed by atoms with van der Waals surface area (Å²) in [6, 6.07) is -22.4. The van der Waals surface area contributed by atoms with Gasteiger partial charge in [-0.3, -0.25) is 76.7 Å². The number of hydrogen-bond acceptors (Lipinski definition) is 24. The second kappa shape index (κ2) is 56.9. The van der Waals surface area contributed by atoms with Gasteiger partial charge < -0.3 is 129 Å². The van der Waals surface area contributed by atoms with Crippen molar-refractivity contribution in [3.8, 4) is 0 Å². The summed E-state index contributed by atoms with van der Waals surface area (Å²) >= 11 is 0. The first-order valence-electron chi connectivity index (χ1n) is 40.6. The highest BCUT2D eigenvalue weighted by Gasteiger charge is 2.41. The number of carboxylic acids is 2. The Morgan fingerprint density at radius 2 is 0.590 bits per heavy atom. The van der Waals surface area contributed by atoms with Crippen molar-refractivity contribution in [2.45, 2.75) is 309 Å². The number of unbranched alkanes of at least 4 members (excludes halogenated alkanes) is 3. The number of nitrogens with two attached hydrogens (primary N) is 5. The van der Waals surface area contributed by atoms with Crippen LogP contribution < -0.4 is 103 Å². The zero-order valence-electron chi connectivity index (χ0n) is 70.5. The molecule has 0 saturated heterocycles. The largest absolute Gasteiger partial charge is 0.481 e. The summed E-state index contributed by atoms with van der Waals surface area (Å²) in [4.78, 5) is 231. The van der Waals surface area contributed by atoms with Crippen molar-refractivity contribution >= 4 is 101 Å². The molecule has 0 spiro atoms. The van der Waals surface area contributed by atoms with Crippen molar-refractivity contribution in [1.29, 1.82) is 0 Å². The monoisotopic (exact) mass is 1670 g/mol. The number of carboxylic acid groups (broad SMARTS) is 2. The number of aliphatic carboxylic acids is 2. The number of primary amides is 1. The maximum absolute atomic E-state index is 14.8. The van der Waals surface area contributed by atoms with Gasteiger partial charge in [-0.05, 0) is 146 Å². The quantitative estimate of drug-likeness (QED) is 0.0254. The van der Waals surface area contributed by atoms with E-state index in [4.69, 9.17) is 28.7 Å². The fraction of sp³-hybridized carbons (Fsp3) is 0.776. The highest BCUT2D eigenvalue weighted by atomic mass is 16.4. The Bertz CT molecular complexity index is 3220. The van der Waals surface area contributed by atoms with Crippen molar-refractivity contribution in [3.05, 3.63) is 0 Å². The van der Waals surface area contributed by atoms with Gasteiger partial charge in [0.25, 0.3) is 0 Å². The molecule has 117 heavy (non-hydrogen) atoms. The molecule has 15 amide bonds. The molecule has 41 heteroatoms. The number of nitrogens with one attached hydrogen (secondary N) is 14. The standard InChI is InChI=1S/C76H139N19O22/c1-15-41(10)58(72(112)85-48(26-20-23-31-79)65(105)90-54(36-96)70(110)88-50(32-38(4)5)67(107)87-51(33-39(6)7)68(108)91-55(37-97)71(111)95-61(45(14)98)75(115)89-53(76(116)117)35-56(81)99)93-74(114)60(43(12)17-3)94-73(113)59(42(11)16-2)92-69(109)52(34-40(8)9)86-62(102)44(13)82-64(104)47(25-19-22-30-78)84-66(106)49(27-28-57(100)101)83-63(103)46(80)24-18-21-29-77/h38-55,58-61,96-98H,15-37,77-80H2,1-14H3,(H2,81,99)(H,82,104)(H,83,103)(H,84,106)(H,85,112)(H,86,102)(H,87,107)(H,88,110)(H,89,115)(H,90,105)(H,91,108)(H,92,109)(H,93,114)(H,94,113)(H,95,111)(H,100,101)(H,116,117)/t41-,42-,43-,44-,45+,46-,47-,48-,49-,50-,51-,52-,53-,54-,55-,58-,59-,60-,61-/m0/s1.